The second-order valence-electron chi connectivity index (χ2n) is 3.77. The van der Waals surface area contributed by atoms with Gasteiger partial charge in [-0.3, -0.25) is 4.79 Å². The van der Waals surface area contributed by atoms with Crippen molar-refractivity contribution in [1.29, 1.82) is 0 Å². The lowest BCUT2D eigenvalue weighted by atomic mass is 10.3. The smallest absolute Gasteiger partial charge is 0.303 e. The molecule has 90 valence electrons. The predicted octanol–water partition coefficient (Wildman–Crippen LogP) is 2.21. The molecule has 0 atom stereocenters. The number of imidazole rings is 1. The molecule has 1 N–H and O–H groups in total. The highest BCUT2D eigenvalue weighted by Gasteiger charge is 2.13. The van der Waals surface area contributed by atoms with Crippen LogP contribution in [0.4, 0.5) is 4.39 Å². The van der Waals surface area contributed by atoms with E-state index >= 15 is 0 Å². The van der Waals surface area contributed by atoms with Crippen LogP contribution >= 0.6 is 0 Å². The fourth-order valence-corrected chi connectivity index (χ4v) is 1.92. The summed E-state index contributed by atoms with van der Waals surface area (Å²) in [5.41, 5.74) is 1.03. The largest absolute Gasteiger partial charge is 0.481 e. The van der Waals surface area contributed by atoms with Gasteiger partial charge in [-0.1, -0.05) is 6.07 Å². The number of halogens is 1. The molecule has 0 fully saturated rings. The average molecular weight is 236 g/mol. The number of rotatable bonds is 4. The number of carboxylic acid groups (broad SMARTS) is 1. The average Bonchev–Trinajstić information content (AvgIpc) is 2.65. The van der Waals surface area contributed by atoms with Crippen molar-refractivity contribution >= 4 is 17.0 Å². The number of para-hydroxylation sites is 1. The van der Waals surface area contributed by atoms with Gasteiger partial charge in [0.15, 0.2) is 5.82 Å². The van der Waals surface area contributed by atoms with Crippen molar-refractivity contribution in [2.24, 2.45) is 0 Å². The number of aryl methyl sites for hydroxylation is 2. The maximum atomic E-state index is 13.5. The quantitative estimate of drug-likeness (QED) is 0.885. The van der Waals surface area contributed by atoms with Crippen molar-refractivity contribution in [3.05, 3.63) is 29.8 Å². The highest BCUT2D eigenvalue weighted by atomic mass is 19.1. The molecule has 0 amide bonds. The molecule has 1 aromatic carbocycles. The van der Waals surface area contributed by atoms with E-state index < -0.39 is 5.97 Å². The molecule has 2 aromatic rings. The summed E-state index contributed by atoms with van der Waals surface area (Å²) in [5.74, 6) is -0.624. The lowest BCUT2D eigenvalue weighted by Gasteiger charge is -2.04. The topological polar surface area (TPSA) is 55.1 Å². The third-order valence-corrected chi connectivity index (χ3v) is 2.69. The Bertz CT molecular complexity index is 563. The Hall–Kier alpha value is -1.91. The van der Waals surface area contributed by atoms with Gasteiger partial charge in [0, 0.05) is 13.0 Å². The first-order chi connectivity index (χ1) is 8.13. The van der Waals surface area contributed by atoms with E-state index in [0.29, 0.717) is 29.8 Å². The molecule has 0 aliphatic rings. The minimum Gasteiger partial charge on any atom is -0.481 e. The van der Waals surface area contributed by atoms with E-state index in [1.807, 2.05) is 11.5 Å². The van der Waals surface area contributed by atoms with Gasteiger partial charge in [0.1, 0.15) is 11.3 Å². The Kier molecular flexibility index (Phi) is 3.08. The minimum atomic E-state index is -0.875. The number of benzene rings is 1. The first-order valence-corrected chi connectivity index (χ1v) is 5.49. The normalized spacial score (nSPS) is 10.9. The lowest BCUT2D eigenvalue weighted by molar-refractivity contribution is -0.137. The van der Waals surface area contributed by atoms with Gasteiger partial charge >= 0.3 is 5.97 Å². The predicted molar refractivity (Wildman–Crippen MR) is 61.3 cm³/mol. The number of aliphatic carboxylic acids is 1. The second-order valence-corrected chi connectivity index (χ2v) is 3.77. The Morgan fingerprint density at radius 1 is 1.53 bits per heavy atom. The zero-order valence-electron chi connectivity index (χ0n) is 9.48. The van der Waals surface area contributed by atoms with E-state index in [0.717, 1.165) is 0 Å². The summed E-state index contributed by atoms with van der Waals surface area (Å²) in [7, 11) is 0. The summed E-state index contributed by atoms with van der Waals surface area (Å²) in [6.07, 6.45) is 0.322. The zero-order chi connectivity index (χ0) is 12.4. The molecule has 2 rings (SSSR count). The Labute approximate surface area is 97.7 Å². The van der Waals surface area contributed by atoms with Gasteiger partial charge in [0.2, 0.25) is 0 Å². The molecule has 0 spiro atoms. The van der Waals surface area contributed by atoms with Crippen molar-refractivity contribution in [2.45, 2.75) is 26.3 Å². The van der Waals surface area contributed by atoms with Crippen LogP contribution in [-0.4, -0.2) is 20.6 Å². The van der Waals surface area contributed by atoms with Gasteiger partial charge in [-0.25, -0.2) is 9.37 Å². The SMILES string of the molecule is CCn1c(CCC(=O)O)nc2c(F)cccc21. The van der Waals surface area contributed by atoms with Gasteiger partial charge in [0.05, 0.1) is 11.9 Å². The van der Waals surface area contributed by atoms with Crippen LogP contribution in [0.2, 0.25) is 0 Å². The van der Waals surface area contributed by atoms with Crippen LogP contribution in [0.3, 0.4) is 0 Å². The fraction of sp³-hybridized carbons (Fsp3) is 0.333. The summed E-state index contributed by atoms with van der Waals surface area (Å²) >= 11 is 0. The van der Waals surface area contributed by atoms with Crippen LogP contribution in [0.1, 0.15) is 19.2 Å². The van der Waals surface area contributed by atoms with E-state index in [-0.39, 0.29) is 12.2 Å². The molecule has 0 unspecified atom stereocenters. The number of hydrogen-bond acceptors (Lipinski definition) is 2. The first-order valence-electron chi connectivity index (χ1n) is 5.49. The van der Waals surface area contributed by atoms with Crippen LogP contribution < -0.4 is 0 Å². The first kappa shape index (κ1) is 11.6. The summed E-state index contributed by atoms with van der Waals surface area (Å²) in [6.45, 7) is 2.57. The van der Waals surface area contributed by atoms with Crippen molar-refractivity contribution in [2.75, 3.05) is 0 Å². The van der Waals surface area contributed by atoms with Crippen molar-refractivity contribution in [3.8, 4) is 0 Å². The number of fused-ring (bicyclic) bond motifs is 1. The third-order valence-electron chi connectivity index (χ3n) is 2.69. The number of carboxylic acids is 1. The van der Waals surface area contributed by atoms with E-state index in [9.17, 15) is 9.18 Å². The minimum absolute atomic E-state index is 0.00490. The number of carbonyl (C=O) groups is 1. The van der Waals surface area contributed by atoms with Gasteiger partial charge in [-0.2, -0.15) is 0 Å². The van der Waals surface area contributed by atoms with Gasteiger partial charge in [-0.15, -0.1) is 0 Å². The summed E-state index contributed by atoms with van der Waals surface area (Å²) in [6, 6.07) is 4.78. The van der Waals surface area contributed by atoms with E-state index in [1.165, 1.54) is 6.07 Å². The highest BCUT2D eigenvalue weighted by molar-refractivity contribution is 5.77. The number of aromatic nitrogens is 2. The highest BCUT2D eigenvalue weighted by Crippen LogP contribution is 2.19. The molecule has 0 bridgehead atoms. The van der Waals surface area contributed by atoms with Crippen LogP contribution in [-0.2, 0) is 17.8 Å². The summed E-state index contributed by atoms with van der Waals surface area (Å²) < 4.78 is 15.4. The number of nitrogens with zero attached hydrogens (tertiary/aromatic N) is 2. The fourth-order valence-electron chi connectivity index (χ4n) is 1.92. The van der Waals surface area contributed by atoms with Gasteiger partial charge in [-0.05, 0) is 19.1 Å². The molecule has 5 heteroatoms. The Morgan fingerprint density at radius 2 is 2.29 bits per heavy atom. The molecular weight excluding hydrogens is 223 g/mol. The van der Waals surface area contributed by atoms with E-state index in [4.69, 9.17) is 5.11 Å². The monoisotopic (exact) mass is 236 g/mol. The maximum Gasteiger partial charge on any atom is 0.303 e. The van der Waals surface area contributed by atoms with Crippen LogP contribution in [0.5, 0.6) is 0 Å². The number of hydrogen-bond donors (Lipinski definition) is 1. The Balaban J connectivity index is 2.48. The van der Waals surface area contributed by atoms with Crippen molar-refractivity contribution in [3.63, 3.8) is 0 Å². The lowest BCUT2D eigenvalue weighted by Crippen LogP contribution is -2.05. The van der Waals surface area contributed by atoms with E-state index in [1.54, 1.807) is 12.1 Å². The standard InChI is InChI=1S/C12H13FN2O2/c1-2-15-9-5-3-4-8(13)12(9)14-10(15)6-7-11(16)17/h3-5H,2,6-7H2,1H3,(H,16,17). The molecule has 1 heterocycles. The molecule has 17 heavy (non-hydrogen) atoms. The van der Waals surface area contributed by atoms with Crippen LogP contribution in [0, 0.1) is 5.82 Å². The molecule has 0 aliphatic heterocycles. The molecule has 0 saturated heterocycles. The summed E-state index contributed by atoms with van der Waals surface area (Å²) in [5, 5.41) is 8.66. The second kappa shape index (κ2) is 4.53. The maximum absolute atomic E-state index is 13.5. The molecule has 0 aliphatic carbocycles. The molecule has 1 aromatic heterocycles. The molecule has 0 saturated carbocycles. The summed E-state index contributed by atoms with van der Waals surface area (Å²) in [4.78, 5) is 14.7. The zero-order valence-corrected chi connectivity index (χ0v) is 9.48. The van der Waals surface area contributed by atoms with Crippen molar-refractivity contribution in [1.82, 2.24) is 9.55 Å². The van der Waals surface area contributed by atoms with Crippen molar-refractivity contribution < 1.29 is 14.3 Å². The van der Waals surface area contributed by atoms with E-state index in [2.05, 4.69) is 4.98 Å². The Morgan fingerprint density at radius 3 is 2.94 bits per heavy atom. The third kappa shape index (κ3) is 2.13. The van der Waals surface area contributed by atoms with Crippen LogP contribution in [0.25, 0.3) is 11.0 Å². The van der Waals surface area contributed by atoms with Gasteiger partial charge < -0.3 is 9.67 Å². The molecule has 4 nitrogen and oxygen atoms in total. The molecular formula is C12H13FN2O2. The molecule has 0 radical (unpaired) electrons. The van der Waals surface area contributed by atoms with Gasteiger partial charge in [0.25, 0.3) is 0 Å². The van der Waals surface area contributed by atoms with Crippen LogP contribution in [0.15, 0.2) is 18.2 Å².